The Bertz CT molecular complexity index is 713. The van der Waals surface area contributed by atoms with E-state index >= 15 is 0 Å². The molecule has 124 valence electrons. The largest absolute Gasteiger partial charge is 0.479 e. The van der Waals surface area contributed by atoms with Crippen LogP contribution >= 0.6 is 11.3 Å². The lowest BCUT2D eigenvalue weighted by atomic mass is 9.87. The van der Waals surface area contributed by atoms with E-state index in [1.165, 1.54) is 4.88 Å². The second-order valence-electron chi connectivity index (χ2n) is 6.32. The number of aliphatic carboxylic acids is 1. The van der Waals surface area contributed by atoms with Crippen molar-refractivity contribution in [2.24, 2.45) is 0 Å². The van der Waals surface area contributed by atoms with Crippen molar-refractivity contribution in [2.45, 2.75) is 45.7 Å². The molecule has 2 aromatic rings. The van der Waals surface area contributed by atoms with Crippen molar-refractivity contribution >= 4 is 17.3 Å². The normalized spacial score (nSPS) is 18.2. The SMILES string of the molecule is Cc1cnn(C2(C(=O)O)CCN(Cc3sc(C)nc3C)CC2)c1. The van der Waals surface area contributed by atoms with Gasteiger partial charge in [0.15, 0.2) is 5.54 Å². The van der Waals surface area contributed by atoms with Crippen LogP contribution in [0.3, 0.4) is 0 Å². The molecule has 23 heavy (non-hydrogen) atoms. The van der Waals surface area contributed by atoms with Gasteiger partial charge in [0.25, 0.3) is 0 Å². The summed E-state index contributed by atoms with van der Waals surface area (Å²) in [5, 5.41) is 15.1. The van der Waals surface area contributed by atoms with Crippen molar-refractivity contribution in [1.82, 2.24) is 19.7 Å². The maximum absolute atomic E-state index is 11.9. The average molecular weight is 334 g/mol. The van der Waals surface area contributed by atoms with Gasteiger partial charge in [-0.05, 0) is 39.2 Å². The molecule has 2 aromatic heterocycles. The van der Waals surface area contributed by atoms with Gasteiger partial charge < -0.3 is 5.11 Å². The predicted molar refractivity (Wildman–Crippen MR) is 88.7 cm³/mol. The Morgan fingerprint density at radius 2 is 2.04 bits per heavy atom. The highest BCUT2D eigenvalue weighted by Gasteiger charge is 2.44. The number of carboxylic acids is 1. The maximum Gasteiger partial charge on any atom is 0.331 e. The van der Waals surface area contributed by atoms with Crippen molar-refractivity contribution in [3.8, 4) is 0 Å². The Morgan fingerprint density at radius 1 is 1.35 bits per heavy atom. The fraction of sp³-hybridized carbons (Fsp3) is 0.562. The number of likely N-dealkylation sites (tertiary alicyclic amines) is 1. The summed E-state index contributed by atoms with van der Waals surface area (Å²) in [5.41, 5.74) is 1.16. The number of rotatable bonds is 4. The van der Waals surface area contributed by atoms with Crippen LogP contribution in [0.15, 0.2) is 12.4 Å². The van der Waals surface area contributed by atoms with Gasteiger partial charge in [0.1, 0.15) is 0 Å². The zero-order chi connectivity index (χ0) is 16.6. The molecular weight excluding hydrogens is 312 g/mol. The molecule has 0 spiro atoms. The van der Waals surface area contributed by atoms with E-state index in [0.717, 1.165) is 35.9 Å². The molecule has 0 amide bonds. The van der Waals surface area contributed by atoms with Gasteiger partial charge in [-0.3, -0.25) is 9.58 Å². The third-order valence-corrected chi connectivity index (χ3v) is 5.66. The van der Waals surface area contributed by atoms with Gasteiger partial charge in [-0.1, -0.05) is 0 Å². The third kappa shape index (κ3) is 3.03. The number of piperidine rings is 1. The Hall–Kier alpha value is -1.73. The van der Waals surface area contributed by atoms with Gasteiger partial charge in [-0.2, -0.15) is 5.10 Å². The second kappa shape index (κ2) is 6.05. The Labute approximate surface area is 139 Å². The number of aryl methyl sites for hydroxylation is 3. The number of carbonyl (C=O) groups is 1. The smallest absolute Gasteiger partial charge is 0.331 e. The first-order valence-corrected chi connectivity index (χ1v) is 8.63. The van der Waals surface area contributed by atoms with Crippen LogP contribution in [0.2, 0.25) is 0 Å². The fourth-order valence-electron chi connectivity index (χ4n) is 3.19. The number of carboxylic acid groups (broad SMARTS) is 1. The van der Waals surface area contributed by atoms with Crippen LogP contribution in [-0.4, -0.2) is 43.8 Å². The average Bonchev–Trinajstić information content (AvgIpc) is 3.06. The first-order chi connectivity index (χ1) is 10.9. The summed E-state index contributed by atoms with van der Waals surface area (Å²) in [7, 11) is 0. The quantitative estimate of drug-likeness (QED) is 0.929. The van der Waals surface area contributed by atoms with E-state index in [1.807, 2.05) is 27.0 Å². The van der Waals surface area contributed by atoms with Gasteiger partial charge in [-0.25, -0.2) is 9.78 Å². The molecule has 3 heterocycles. The van der Waals surface area contributed by atoms with Crippen LogP contribution in [0.1, 0.15) is 34.0 Å². The molecule has 1 N–H and O–H groups in total. The van der Waals surface area contributed by atoms with Crippen LogP contribution in [0.25, 0.3) is 0 Å². The molecule has 0 unspecified atom stereocenters. The van der Waals surface area contributed by atoms with Crippen molar-refractivity contribution in [3.05, 3.63) is 33.5 Å². The Kier molecular flexibility index (Phi) is 4.25. The van der Waals surface area contributed by atoms with E-state index in [-0.39, 0.29) is 0 Å². The van der Waals surface area contributed by atoms with Crippen molar-refractivity contribution < 1.29 is 9.90 Å². The van der Waals surface area contributed by atoms with Crippen LogP contribution in [-0.2, 0) is 16.9 Å². The monoisotopic (exact) mass is 334 g/mol. The van der Waals surface area contributed by atoms with Gasteiger partial charge in [0, 0.05) is 30.7 Å². The number of hydrogen-bond donors (Lipinski definition) is 1. The summed E-state index contributed by atoms with van der Waals surface area (Å²) < 4.78 is 1.64. The molecule has 0 bridgehead atoms. The minimum absolute atomic E-state index is 0.570. The van der Waals surface area contributed by atoms with Crippen molar-refractivity contribution in [1.29, 1.82) is 0 Å². The van der Waals surface area contributed by atoms with Gasteiger partial charge >= 0.3 is 5.97 Å². The van der Waals surface area contributed by atoms with Crippen LogP contribution in [0.5, 0.6) is 0 Å². The van der Waals surface area contributed by atoms with Crippen LogP contribution in [0, 0.1) is 20.8 Å². The molecule has 6 nitrogen and oxygen atoms in total. The van der Waals surface area contributed by atoms with E-state index in [9.17, 15) is 9.90 Å². The molecule has 3 rings (SSSR count). The highest BCUT2D eigenvalue weighted by molar-refractivity contribution is 7.11. The highest BCUT2D eigenvalue weighted by atomic mass is 32.1. The van der Waals surface area contributed by atoms with Crippen molar-refractivity contribution in [3.63, 3.8) is 0 Å². The summed E-state index contributed by atoms with van der Waals surface area (Å²) in [6.07, 6.45) is 4.70. The Morgan fingerprint density at radius 3 is 2.52 bits per heavy atom. The maximum atomic E-state index is 11.9. The zero-order valence-corrected chi connectivity index (χ0v) is 14.6. The minimum Gasteiger partial charge on any atom is -0.479 e. The molecule has 1 aliphatic heterocycles. The molecular formula is C16H22N4O2S. The van der Waals surface area contributed by atoms with Gasteiger partial charge in [-0.15, -0.1) is 11.3 Å². The minimum atomic E-state index is -0.913. The lowest BCUT2D eigenvalue weighted by molar-refractivity contribution is -0.151. The number of hydrogen-bond acceptors (Lipinski definition) is 5. The first-order valence-electron chi connectivity index (χ1n) is 7.81. The second-order valence-corrected chi connectivity index (χ2v) is 7.60. The van der Waals surface area contributed by atoms with E-state index in [2.05, 4.69) is 15.0 Å². The third-order valence-electron chi connectivity index (χ3n) is 4.60. The first kappa shape index (κ1) is 16.1. The summed E-state index contributed by atoms with van der Waals surface area (Å²) in [6, 6.07) is 0. The summed E-state index contributed by atoms with van der Waals surface area (Å²) in [5.74, 6) is -0.787. The van der Waals surface area contributed by atoms with E-state index in [4.69, 9.17) is 0 Å². The van der Waals surface area contributed by atoms with Crippen molar-refractivity contribution in [2.75, 3.05) is 13.1 Å². The lowest BCUT2D eigenvalue weighted by Crippen LogP contribution is -2.51. The summed E-state index contributed by atoms with van der Waals surface area (Å²) in [4.78, 5) is 20.0. The molecule has 0 aromatic carbocycles. The van der Waals surface area contributed by atoms with Gasteiger partial charge in [0.05, 0.1) is 16.9 Å². The Balaban J connectivity index is 1.73. The molecule has 1 fully saturated rings. The highest BCUT2D eigenvalue weighted by Crippen LogP contribution is 2.32. The topological polar surface area (TPSA) is 71.2 Å². The molecule has 0 saturated carbocycles. The van der Waals surface area contributed by atoms with Gasteiger partial charge in [0.2, 0.25) is 0 Å². The molecule has 0 atom stereocenters. The number of aromatic nitrogens is 3. The van der Waals surface area contributed by atoms with E-state index in [0.29, 0.717) is 12.8 Å². The number of thiazole rings is 1. The number of nitrogens with zero attached hydrogens (tertiary/aromatic N) is 4. The molecule has 0 aliphatic carbocycles. The zero-order valence-electron chi connectivity index (χ0n) is 13.7. The predicted octanol–water partition coefficient (Wildman–Crippen LogP) is 2.34. The fourth-order valence-corrected chi connectivity index (χ4v) is 4.17. The van der Waals surface area contributed by atoms with Crippen LogP contribution in [0.4, 0.5) is 0 Å². The summed E-state index contributed by atoms with van der Waals surface area (Å²) in [6.45, 7) is 8.35. The lowest BCUT2D eigenvalue weighted by Gasteiger charge is -2.38. The van der Waals surface area contributed by atoms with E-state index in [1.54, 1.807) is 22.2 Å². The molecule has 1 saturated heterocycles. The standard InChI is InChI=1S/C16H22N4O2S/c1-11-8-17-20(9-11)16(15(21)22)4-6-19(7-5-16)10-14-12(2)18-13(3)23-14/h8-9H,4-7,10H2,1-3H3,(H,21,22). The molecule has 7 heteroatoms. The summed E-state index contributed by atoms with van der Waals surface area (Å²) >= 11 is 1.73. The molecule has 0 radical (unpaired) electrons. The van der Waals surface area contributed by atoms with Crippen LogP contribution < -0.4 is 0 Å². The van der Waals surface area contributed by atoms with E-state index < -0.39 is 11.5 Å². The molecule has 1 aliphatic rings.